The van der Waals surface area contributed by atoms with E-state index >= 15 is 0 Å². The molecule has 0 radical (unpaired) electrons. The number of nitrogens with zero attached hydrogens (tertiary/aromatic N) is 3. The fourth-order valence-electron chi connectivity index (χ4n) is 5.80. The van der Waals surface area contributed by atoms with Crippen molar-refractivity contribution in [2.45, 2.75) is 64.5 Å². The molecule has 202 valence electrons. The van der Waals surface area contributed by atoms with Gasteiger partial charge in [0, 0.05) is 44.7 Å². The summed E-state index contributed by atoms with van der Waals surface area (Å²) >= 11 is 0. The third-order valence-electron chi connectivity index (χ3n) is 7.85. The summed E-state index contributed by atoms with van der Waals surface area (Å²) in [5.41, 5.74) is -0.0433. The monoisotopic (exact) mass is 524 g/mol. The minimum absolute atomic E-state index is 0.0642. The highest BCUT2D eigenvalue weighted by Crippen LogP contribution is 2.40. The van der Waals surface area contributed by atoms with Crippen LogP contribution < -0.4 is 10.2 Å². The lowest BCUT2D eigenvalue weighted by molar-refractivity contribution is -0.136. The van der Waals surface area contributed by atoms with Crippen molar-refractivity contribution in [1.82, 2.24) is 15.1 Å². The molecule has 11 nitrogen and oxygen atoms in total. The Morgan fingerprint density at radius 1 is 0.974 bits per heavy atom. The molecule has 3 saturated heterocycles. The van der Waals surface area contributed by atoms with Gasteiger partial charge in [-0.25, -0.2) is 4.79 Å². The van der Waals surface area contributed by atoms with Crippen LogP contribution in [0.15, 0.2) is 18.2 Å². The maximum absolute atomic E-state index is 13.2. The molecule has 0 aliphatic carbocycles. The lowest BCUT2D eigenvalue weighted by atomic mass is 9.71. The van der Waals surface area contributed by atoms with Crippen molar-refractivity contribution in [2.24, 2.45) is 5.41 Å². The highest BCUT2D eigenvalue weighted by molar-refractivity contribution is 6.23. The van der Waals surface area contributed by atoms with Crippen LogP contribution in [-0.2, 0) is 19.1 Å². The third-order valence-corrected chi connectivity index (χ3v) is 7.85. The van der Waals surface area contributed by atoms with E-state index in [1.807, 2.05) is 20.8 Å². The van der Waals surface area contributed by atoms with Gasteiger partial charge in [-0.05, 0) is 58.2 Å². The van der Waals surface area contributed by atoms with Crippen LogP contribution in [0.25, 0.3) is 0 Å². The summed E-state index contributed by atoms with van der Waals surface area (Å²) < 4.78 is 5.52. The Balaban J connectivity index is 1.28. The van der Waals surface area contributed by atoms with Gasteiger partial charge >= 0.3 is 6.09 Å². The van der Waals surface area contributed by atoms with Crippen LogP contribution in [0.1, 0.15) is 73.6 Å². The molecule has 38 heavy (non-hydrogen) atoms. The molecular weight excluding hydrogens is 492 g/mol. The van der Waals surface area contributed by atoms with Gasteiger partial charge in [-0.1, -0.05) is 0 Å². The topological polar surface area (TPSA) is 133 Å². The molecule has 4 aliphatic heterocycles. The van der Waals surface area contributed by atoms with E-state index in [-0.39, 0.29) is 29.8 Å². The van der Waals surface area contributed by atoms with Crippen molar-refractivity contribution in [3.8, 4) is 0 Å². The Bertz CT molecular complexity index is 1240. The number of anilines is 1. The fourth-order valence-corrected chi connectivity index (χ4v) is 5.80. The second kappa shape index (κ2) is 9.21. The van der Waals surface area contributed by atoms with Crippen molar-refractivity contribution >= 4 is 41.2 Å². The molecule has 5 amide bonds. The molecule has 3 fully saturated rings. The van der Waals surface area contributed by atoms with Gasteiger partial charge in [-0.2, -0.15) is 0 Å². The molecule has 0 bridgehead atoms. The van der Waals surface area contributed by atoms with E-state index in [0.717, 1.165) is 10.6 Å². The van der Waals surface area contributed by atoms with Crippen molar-refractivity contribution in [1.29, 1.82) is 0 Å². The highest BCUT2D eigenvalue weighted by Gasteiger charge is 2.48. The zero-order valence-electron chi connectivity index (χ0n) is 21.9. The Kier molecular flexibility index (Phi) is 6.27. The maximum Gasteiger partial charge on any atom is 0.410 e. The van der Waals surface area contributed by atoms with Crippen LogP contribution >= 0.6 is 0 Å². The second-order valence-corrected chi connectivity index (χ2v) is 11.5. The van der Waals surface area contributed by atoms with Gasteiger partial charge < -0.3 is 14.5 Å². The van der Waals surface area contributed by atoms with Crippen LogP contribution in [-0.4, -0.2) is 83.1 Å². The second-order valence-electron chi connectivity index (χ2n) is 11.5. The highest BCUT2D eigenvalue weighted by atomic mass is 16.6. The van der Waals surface area contributed by atoms with Crippen molar-refractivity contribution in [3.05, 3.63) is 29.3 Å². The Morgan fingerprint density at radius 2 is 1.66 bits per heavy atom. The summed E-state index contributed by atoms with van der Waals surface area (Å²) in [6, 6.07) is 4.02. The number of piperidine rings is 3. The summed E-state index contributed by atoms with van der Waals surface area (Å²) in [7, 11) is 0. The summed E-state index contributed by atoms with van der Waals surface area (Å²) in [6.45, 7) is 7.21. The van der Waals surface area contributed by atoms with E-state index in [0.29, 0.717) is 45.4 Å². The summed E-state index contributed by atoms with van der Waals surface area (Å²) in [4.78, 5) is 80.3. The molecule has 1 N–H and O–H groups in total. The molecule has 1 aromatic rings. The molecule has 1 unspecified atom stereocenters. The SMILES string of the molecule is CC(C)(C)OC(=O)N1CCC(=O)C2(CCN(c3ccc4c(c3)C(=O)N(C3CCC(=O)NC3=O)C4=O)CC2)C1. The van der Waals surface area contributed by atoms with E-state index in [1.165, 1.54) is 0 Å². The average molecular weight is 525 g/mol. The number of likely N-dealkylation sites (tertiary alicyclic amines) is 1. The lowest BCUT2D eigenvalue weighted by Crippen LogP contribution is -2.56. The van der Waals surface area contributed by atoms with Crippen LogP contribution in [0.2, 0.25) is 0 Å². The van der Waals surface area contributed by atoms with Gasteiger partial charge in [0.15, 0.2) is 0 Å². The Labute approximate surface area is 220 Å². The predicted octanol–water partition coefficient (Wildman–Crippen LogP) is 1.88. The number of carbonyl (C=O) groups excluding carboxylic acids is 6. The van der Waals surface area contributed by atoms with E-state index in [9.17, 15) is 28.8 Å². The standard InChI is InChI=1S/C27H32N4O7/c1-26(2,3)38-25(37)30-11-8-20(32)27(15-30)9-12-29(13-10-27)16-4-5-17-18(14-16)24(36)31(23(17)35)19-6-7-21(33)28-22(19)34/h4-5,14,19H,6-13,15H2,1-3H3,(H,28,33,34). The maximum atomic E-state index is 13.2. The molecule has 0 aromatic heterocycles. The minimum Gasteiger partial charge on any atom is -0.444 e. The molecule has 4 heterocycles. The lowest BCUT2D eigenvalue weighted by Gasteiger charge is -2.46. The fraction of sp³-hybridized carbons (Fsp3) is 0.556. The molecule has 1 spiro atoms. The van der Waals surface area contributed by atoms with Gasteiger partial charge in [-0.3, -0.25) is 34.2 Å². The van der Waals surface area contributed by atoms with Crippen LogP contribution in [0.3, 0.4) is 0 Å². The number of rotatable bonds is 2. The van der Waals surface area contributed by atoms with Crippen molar-refractivity contribution in [2.75, 3.05) is 31.1 Å². The number of Topliss-reactive ketones (excluding diaryl/α,β-unsaturated/α-hetero) is 1. The molecule has 5 rings (SSSR count). The number of hydrogen-bond acceptors (Lipinski definition) is 8. The molecular formula is C27H32N4O7. The average Bonchev–Trinajstić information content (AvgIpc) is 3.10. The minimum atomic E-state index is -1.01. The first-order chi connectivity index (χ1) is 17.9. The number of carbonyl (C=O) groups is 6. The number of benzene rings is 1. The van der Waals surface area contributed by atoms with E-state index in [1.54, 1.807) is 23.1 Å². The smallest absolute Gasteiger partial charge is 0.410 e. The van der Waals surface area contributed by atoms with Crippen LogP contribution in [0.4, 0.5) is 10.5 Å². The van der Waals surface area contributed by atoms with Gasteiger partial charge in [-0.15, -0.1) is 0 Å². The first-order valence-electron chi connectivity index (χ1n) is 13.0. The first kappa shape index (κ1) is 25.9. The number of imide groups is 2. The summed E-state index contributed by atoms with van der Waals surface area (Å²) in [5.74, 6) is -2.00. The molecule has 11 heteroatoms. The quantitative estimate of drug-likeness (QED) is 0.580. The predicted molar refractivity (Wildman–Crippen MR) is 134 cm³/mol. The zero-order chi connectivity index (χ0) is 27.4. The van der Waals surface area contributed by atoms with Crippen molar-refractivity contribution < 1.29 is 33.5 Å². The molecule has 4 aliphatic rings. The number of nitrogens with one attached hydrogen (secondary N) is 1. The first-order valence-corrected chi connectivity index (χ1v) is 13.0. The number of hydrogen-bond donors (Lipinski definition) is 1. The number of amides is 5. The molecule has 0 saturated carbocycles. The van der Waals surface area contributed by atoms with Crippen LogP contribution in [0, 0.1) is 5.41 Å². The summed E-state index contributed by atoms with van der Waals surface area (Å²) in [5, 5.41) is 2.20. The van der Waals surface area contributed by atoms with Crippen molar-refractivity contribution in [3.63, 3.8) is 0 Å². The molecule has 1 aromatic carbocycles. The third kappa shape index (κ3) is 4.54. The van der Waals surface area contributed by atoms with Crippen LogP contribution in [0.5, 0.6) is 0 Å². The Morgan fingerprint density at radius 3 is 2.32 bits per heavy atom. The number of fused-ring (bicyclic) bond motifs is 1. The van der Waals surface area contributed by atoms with Gasteiger partial charge in [0.2, 0.25) is 11.8 Å². The van der Waals surface area contributed by atoms with Gasteiger partial charge in [0.1, 0.15) is 17.4 Å². The normalized spacial score (nSPS) is 23.6. The van der Waals surface area contributed by atoms with Gasteiger partial charge in [0.25, 0.3) is 11.8 Å². The van der Waals surface area contributed by atoms with E-state index < -0.39 is 46.8 Å². The number of ether oxygens (including phenoxy) is 1. The summed E-state index contributed by atoms with van der Waals surface area (Å²) in [6.07, 6.45) is 1.16. The Hall–Kier alpha value is -3.76. The number of ketones is 1. The van der Waals surface area contributed by atoms with Gasteiger partial charge in [0.05, 0.1) is 16.5 Å². The largest absolute Gasteiger partial charge is 0.444 e. The molecule has 1 atom stereocenters. The van der Waals surface area contributed by atoms with E-state index in [2.05, 4.69) is 10.2 Å². The van der Waals surface area contributed by atoms with E-state index in [4.69, 9.17) is 4.74 Å². The zero-order valence-corrected chi connectivity index (χ0v) is 21.9.